The minimum Gasteiger partial charge on any atom is -0.481 e. The van der Waals surface area contributed by atoms with Crippen LogP contribution in [0.25, 0.3) is 0 Å². The summed E-state index contributed by atoms with van der Waals surface area (Å²) in [5.41, 5.74) is 1.06. The molecule has 0 aliphatic heterocycles. The van der Waals surface area contributed by atoms with Crippen molar-refractivity contribution in [2.75, 3.05) is 11.9 Å². The Labute approximate surface area is 149 Å². The number of nitrogens with one attached hydrogen (secondary N) is 1. The highest BCUT2D eigenvalue weighted by atomic mass is 79.9. The molecule has 2 aromatic carbocycles. The molecular weight excluding hydrogens is 374 g/mol. The Morgan fingerprint density at radius 3 is 2.54 bits per heavy atom. The standard InChI is InChI=1S/C18H18BrNO4/c1-3-23-18(22)13-5-4-6-16(11-13)24-12(2)17(21)20-15-9-7-14(19)8-10-15/h4-12H,3H2,1-2H3,(H,20,21). The molecule has 0 heterocycles. The van der Waals surface area contributed by atoms with Crippen LogP contribution in [-0.2, 0) is 9.53 Å². The van der Waals surface area contributed by atoms with Crippen LogP contribution in [0.2, 0.25) is 0 Å². The summed E-state index contributed by atoms with van der Waals surface area (Å²) >= 11 is 3.34. The molecule has 0 aliphatic rings. The first-order valence-corrected chi connectivity index (χ1v) is 8.29. The Balaban J connectivity index is 1.99. The average Bonchev–Trinajstić information content (AvgIpc) is 2.57. The van der Waals surface area contributed by atoms with Gasteiger partial charge in [-0.05, 0) is 56.3 Å². The summed E-state index contributed by atoms with van der Waals surface area (Å²) in [5.74, 6) is -0.271. The van der Waals surface area contributed by atoms with Gasteiger partial charge in [0.2, 0.25) is 0 Å². The second kappa shape index (κ2) is 8.49. The SMILES string of the molecule is CCOC(=O)c1cccc(OC(C)C(=O)Nc2ccc(Br)cc2)c1. The Morgan fingerprint density at radius 2 is 1.88 bits per heavy atom. The van der Waals surface area contributed by atoms with Crippen LogP contribution in [0.5, 0.6) is 5.75 Å². The number of anilines is 1. The molecule has 6 heteroatoms. The van der Waals surface area contributed by atoms with Crippen LogP contribution in [0.15, 0.2) is 53.0 Å². The van der Waals surface area contributed by atoms with Crippen molar-refractivity contribution in [3.8, 4) is 5.75 Å². The van der Waals surface area contributed by atoms with E-state index in [0.717, 1.165) is 4.47 Å². The fourth-order valence-corrected chi connectivity index (χ4v) is 2.21. The lowest BCUT2D eigenvalue weighted by Gasteiger charge is -2.15. The van der Waals surface area contributed by atoms with Gasteiger partial charge in [0.15, 0.2) is 6.10 Å². The van der Waals surface area contributed by atoms with Crippen LogP contribution in [0, 0.1) is 0 Å². The van der Waals surface area contributed by atoms with E-state index in [2.05, 4.69) is 21.2 Å². The molecule has 1 unspecified atom stereocenters. The zero-order chi connectivity index (χ0) is 17.5. The molecule has 1 atom stereocenters. The maximum Gasteiger partial charge on any atom is 0.338 e. The van der Waals surface area contributed by atoms with Crippen molar-refractivity contribution in [1.82, 2.24) is 0 Å². The molecule has 24 heavy (non-hydrogen) atoms. The van der Waals surface area contributed by atoms with Crippen molar-refractivity contribution in [3.63, 3.8) is 0 Å². The average molecular weight is 392 g/mol. The third-order valence-corrected chi connectivity index (χ3v) is 3.67. The number of rotatable bonds is 6. The highest BCUT2D eigenvalue weighted by molar-refractivity contribution is 9.10. The topological polar surface area (TPSA) is 64.6 Å². The molecule has 126 valence electrons. The molecule has 5 nitrogen and oxygen atoms in total. The highest BCUT2D eigenvalue weighted by Crippen LogP contribution is 2.18. The Kier molecular flexibility index (Phi) is 6.37. The number of ether oxygens (including phenoxy) is 2. The minimum absolute atomic E-state index is 0.279. The second-order valence-corrected chi connectivity index (χ2v) is 5.92. The predicted octanol–water partition coefficient (Wildman–Crippen LogP) is 4.03. The summed E-state index contributed by atoms with van der Waals surface area (Å²) < 4.78 is 11.5. The van der Waals surface area contributed by atoms with Gasteiger partial charge >= 0.3 is 5.97 Å². The predicted molar refractivity (Wildman–Crippen MR) is 95.3 cm³/mol. The van der Waals surface area contributed by atoms with Crippen LogP contribution < -0.4 is 10.1 Å². The maximum absolute atomic E-state index is 12.2. The third-order valence-electron chi connectivity index (χ3n) is 3.14. The van der Waals surface area contributed by atoms with E-state index in [-0.39, 0.29) is 5.91 Å². The van der Waals surface area contributed by atoms with Gasteiger partial charge in [0.25, 0.3) is 5.91 Å². The molecule has 0 saturated heterocycles. The highest BCUT2D eigenvalue weighted by Gasteiger charge is 2.16. The molecule has 0 aromatic heterocycles. The molecule has 2 rings (SSSR count). The Bertz CT molecular complexity index is 715. The molecule has 0 spiro atoms. The van der Waals surface area contributed by atoms with Crippen LogP contribution in [0.4, 0.5) is 5.69 Å². The number of carbonyl (C=O) groups excluding carboxylic acids is 2. The van der Waals surface area contributed by atoms with E-state index < -0.39 is 12.1 Å². The van der Waals surface area contributed by atoms with E-state index in [1.165, 1.54) is 0 Å². The summed E-state index contributed by atoms with van der Waals surface area (Å²) in [5, 5.41) is 2.77. The van der Waals surface area contributed by atoms with Crippen LogP contribution >= 0.6 is 15.9 Å². The quantitative estimate of drug-likeness (QED) is 0.754. The largest absolute Gasteiger partial charge is 0.481 e. The number of hydrogen-bond donors (Lipinski definition) is 1. The lowest BCUT2D eigenvalue weighted by Crippen LogP contribution is -2.30. The number of hydrogen-bond acceptors (Lipinski definition) is 4. The van der Waals surface area contributed by atoms with Gasteiger partial charge in [-0.1, -0.05) is 22.0 Å². The Morgan fingerprint density at radius 1 is 1.17 bits per heavy atom. The molecule has 0 fully saturated rings. The summed E-state index contributed by atoms with van der Waals surface area (Å²) in [6.07, 6.45) is -0.717. The van der Waals surface area contributed by atoms with Gasteiger partial charge < -0.3 is 14.8 Å². The number of benzene rings is 2. The second-order valence-electron chi connectivity index (χ2n) is 5.00. The summed E-state index contributed by atoms with van der Waals surface area (Å²) in [4.78, 5) is 23.9. The first-order chi connectivity index (χ1) is 11.5. The fourth-order valence-electron chi connectivity index (χ4n) is 1.95. The van der Waals surface area contributed by atoms with Crippen LogP contribution in [0.1, 0.15) is 24.2 Å². The third kappa shape index (κ3) is 5.09. The van der Waals surface area contributed by atoms with Gasteiger partial charge in [0.05, 0.1) is 12.2 Å². The van der Waals surface area contributed by atoms with Crippen molar-refractivity contribution >= 4 is 33.5 Å². The van der Waals surface area contributed by atoms with E-state index in [9.17, 15) is 9.59 Å². The van der Waals surface area contributed by atoms with Crippen molar-refractivity contribution < 1.29 is 19.1 Å². The first-order valence-electron chi connectivity index (χ1n) is 7.50. The number of esters is 1. The summed E-state index contributed by atoms with van der Waals surface area (Å²) in [6, 6.07) is 13.8. The van der Waals surface area contributed by atoms with Gasteiger partial charge in [-0.25, -0.2) is 4.79 Å². The number of amides is 1. The lowest BCUT2D eigenvalue weighted by atomic mass is 10.2. The molecule has 0 aliphatic carbocycles. The molecule has 1 amide bonds. The van der Waals surface area contributed by atoms with Crippen LogP contribution in [0.3, 0.4) is 0 Å². The first kappa shape index (κ1) is 18.0. The fraction of sp³-hybridized carbons (Fsp3) is 0.222. The van der Waals surface area contributed by atoms with Gasteiger partial charge in [-0.2, -0.15) is 0 Å². The van der Waals surface area contributed by atoms with E-state index in [1.807, 2.05) is 12.1 Å². The number of carbonyl (C=O) groups is 2. The van der Waals surface area contributed by atoms with E-state index in [4.69, 9.17) is 9.47 Å². The minimum atomic E-state index is -0.717. The van der Waals surface area contributed by atoms with E-state index in [0.29, 0.717) is 23.6 Å². The molecular formula is C18H18BrNO4. The van der Waals surface area contributed by atoms with E-state index in [1.54, 1.807) is 50.2 Å². The molecule has 1 N–H and O–H groups in total. The molecule has 0 radical (unpaired) electrons. The monoisotopic (exact) mass is 391 g/mol. The van der Waals surface area contributed by atoms with E-state index >= 15 is 0 Å². The molecule has 0 saturated carbocycles. The number of halogens is 1. The van der Waals surface area contributed by atoms with Gasteiger partial charge in [0.1, 0.15) is 5.75 Å². The van der Waals surface area contributed by atoms with Crippen molar-refractivity contribution in [2.24, 2.45) is 0 Å². The Hall–Kier alpha value is -2.34. The summed E-state index contributed by atoms with van der Waals surface area (Å²) in [6.45, 7) is 3.69. The van der Waals surface area contributed by atoms with Crippen molar-refractivity contribution in [2.45, 2.75) is 20.0 Å². The smallest absolute Gasteiger partial charge is 0.338 e. The van der Waals surface area contributed by atoms with Crippen molar-refractivity contribution in [3.05, 3.63) is 58.6 Å². The zero-order valence-electron chi connectivity index (χ0n) is 13.4. The van der Waals surface area contributed by atoms with Gasteiger partial charge in [-0.3, -0.25) is 4.79 Å². The molecule has 0 bridgehead atoms. The zero-order valence-corrected chi connectivity index (χ0v) is 15.0. The maximum atomic E-state index is 12.2. The lowest BCUT2D eigenvalue weighted by molar-refractivity contribution is -0.122. The van der Waals surface area contributed by atoms with Crippen molar-refractivity contribution in [1.29, 1.82) is 0 Å². The molecule has 2 aromatic rings. The summed E-state index contributed by atoms with van der Waals surface area (Å²) in [7, 11) is 0. The van der Waals surface area contributed by atoms with Crippen LogP contribution in [-0.4, -0.2) is 24.6 Å². The van der Waals surface area contributed by atoms with Gasteiger partial charge in [0, 0.05) is 10.2 Å². The normalized spacial score (nSPS) is 11.5. The van der Waals surface area contributed by atoms with Gasteiger partial charge in [-0.15, -0.1) is 0 Å².